The average molecular weight is 321 g/mol. The summed E-state index contributed by atoms with van der Waals surface area (Å²) < 4.78 is 0. The van der Waals surface area contributed by atoms with Crippen molar-refractivity contribution in [1.29, 1.82) is 0 Å². The number of aliphatic hydroxyl groups is 2. The van der Waals surface area contributed by atoms with E-state index >= 15 is 0 Å². The molecule has 4 saturated carbocycles. The quantitative estimate of drug-likeness (QED) is 0.752. The maximum atomic E-state index is 10.3. The van der Waals surface area contributed by atoms with Crippen LogP contribution in [-0.4, -0.2) is 22.4 Å². The van der Waals surface area contributed by atoms with Crippen LogP contribution in [0.5, 0.6) is 0 Å². The molecule has 4 aliphatic rings. The molecule has 0 unspecified atom stereocenters. The summed E-state index contributed by atoms with van der Waals surface area (Å²) in [4.78, 5) is 0. The lowest BCUT2D eigenvalue weighted by molar-refractivity contribution is -0.132. The number of rotatable bonds is 1. The molecule has 4 rings (SSSR count). The Morgan fingerprint density at radius 2 is 1.57 bits per heavy atom. The highest BCUT2D eigenvalue weighted by Gasteiger charge is 2.60. The van der Waals surface area contributed by atoms with Gasteiger partial charge in [-0.05, 0) is 105 Å². The highest BCUT2D eigenvalue weighted by Crippen LogP contribution is 2.67. The van der Waals surface area contributed by atoms with Gasteiger partial charge in [0.15, 0.2) is 0 Å². The molecule has 4 aliphatic carbocycles. The summed E-state index contributed by atoms with van der Waals surface area (Å²) in [6, 6.07) is 0. The maximum absolute atomic E-state index is 10.3. The Morgan fingerprint density at radius 3 is 2.30 bits per heavy atom. The Balaban J connectivity index is 1.60. The van der Waals surface area contributed by atoms with Crippen molar-refractivity contribution < 1.29 is 10.2 Å². The van der Waals surface area contributed by atoms with E-state index in [-0.39, 0.29) is 12.2 Å². The van der Waals surface area contributed by atoms with Crippen LogP contribution in [0.4, 0.5) is 0 Å². The van der Waals surface area contributed by atoms with Crippen LogP contribution in [0.3, 0.4) is 0 Å². The Morgan fingerprint density at radius 1 is 0.870 bits per heavy atom. The van der Waals surface area contributed by atoms with Gasteiger partial charge in [0.25, 0.3) is 0 Å². The molecule has 0 radical (unpaired) electrons. The second kappa shape index (κ2) is 5.46. The third-order valence-electron chi connectivity index (χ3n) is 9.29. The maximum Gasteiger partial charge on any atom is 0.0545 e. The Labute approximate surface area is 142 Å². The van der Waals surface area contributed by atoms with E-state index < -0.39 is 0 Å². The predicted molar refractivity (Wildman–Crippen MR) is 92.9 cm³/mol. The molecule has 0 aromatic carbocycles. The van der Waals surface area contributed by atoms with Gasteiger partial charge in [-0.2, -0.15) is 0 Å². The van der Waals surface area contributed by atoms with Crippen molar-refractivity contribution in [3.05, 3.63) is 0 Å². The number of hydrogen-bond acceptors (Lipinski definition) is 2. The minimum Gasteiger partial charge on any atom is -0.393 e. The molecule has 0 bridgehead atoms. The molecule has 132 valence electrons. The zero-order chi connectivity index (χ0) is 16.4. The summed E-state index contributed by atoms with van der Waals surface area (Å²) in [6.07, 6.45) is 11.1. The van der Waals surface area contributed by atoms with E-state index in [4.69, 9.17) is 0 Å². The van der Waals surface area contributed by atoms with E-state index in [0.717, 1.165) is 36.5 Å². The fourth-order valence-electron chi connectivity index (χ4n) is 8.07. The Bertz CT molecular complexity index is 461. The molecule has 0 heterocycles. The van der Waals surface area contributed by atoms with Gasteiger partial charge in [-0.15, -0.1) is 0 Å². The van der Waals surface area contributed by atoms with E-state index in [0.29, 0.717) is 16.7 Å². The number of aliphatic hydroxyl groups excluding tert-OH is 2. The van der Waals surface area contributed by atoms with E-state index in [2.05, 4.69) is 13.8 Å². The van der Waals surface area contributed by atoms with E-state index in [1.54, 1.807) is 0 Å². The van der Waals surface area contributed by atoms with Crippen LogP contribution < -0.4 is 0 Å². The summed E-state index contributed by atoms with van der Waals surface area (Å²) in [5, 5.41) is 20.4. The third-order valence-corrected chi connectivity index (χ3v) is 9.29. The minimum absolute atomic E-state index is 0.0374. The summed E-state index contributed by atoms with van der Waals surface area (Å²) in [5.74, 6) is 3.87. The van der Waals surface area contributed by atoms with Gasteiger partial charge in [0.1, 0.15) is 0 Å². The molecule has 23 heavy (non-hydrogen) atoms. The van der Waals surface area contributed by atoms with Crippen LogP contribution in [0.2, 0.25) is 0 Å². The molecule has 0 saturated heterocycles. The van der Waals surface area contributed by atoms with Crippen molar-refractivity contribution >= 4 is 0 Å². The topological polar surface area (TPSA) is 40.5 Å². The van der Waals surface area contributed by atoms with Crippen LogP contribution in [-0.2, 0) is 0 Å². The van der Waals surface area contributed by atoms with Crippen molar-refractivity contribution in [2.75, 3.05) is 0 Å². The van der Waals surface area contributed by atoms with E-state index in [1.165, 1.54) is 44.9 Å². The van der Waals surface area contributed by atoms with Crippen molar-refractivity contribution in [3.63, 3.8) is 0 Å². The summed E-state index contributed by atoms with van der Waals surface area (Å²) >= 11 is 0. The second-order valence-electron chi connectivity index (χ2n) is 10.1. The van der Waals surface area contributed by atoms with E-state index in [9.17, 15) is 10.2 Å². The van der Waals surface area contributed by atoms with Crippen molar-refractivity contribution in [2.45, 2.75) is 90.8 Å². The zero-order valence-electron chi connectivity index (χ0n) is 15.3. The summed E-state index contributed by atoms with van der Waals surface area (Å²) in [6.45, 7) is 7.08. The van der Waals surface area contributed by atoms with Crippen LogP contribution in [0, 0.1) is 40.4 Å². The first-order chi connectivity index (χ1) is 10.9. The molecule has 0 aromatic rings. The fourth-order valence-corrected chi connectivity index (χ4v) is 8.07. The third kappa shape index (κ3) is 2.27. The predicted octanol–water partition coefficient (Wildman–Crippen LogP) is 4.39. The Kier molecular flexibility index (Phi) is 3.89. The molecule has 9 atom stereocenters. The standard InChI is InChI=1S/C21H36O2/c1-13(22)17-6-7-18-16-5-4-14-12-15(23)8-10-20(14,2)19(16)9-11-21(17,18)3/h13-19,22-23H,4-12H2,1-3H3/t13-,14-,15-,16+,17+,18+,19-,20+,21-/m1/s1. The zero-order valence-corrected chi connectivity index (χ0v) is 15.3. The van der Waals surface area contributed by atoms with Gasteiger partial charge in [-0.3, -0.25) is 0 Å². The highest BCUT2D eigenvalue weighted by atomic mass is 16.3. The SMILES string of the molecule is C[C@@H](O)[C@@H]1CC[C@H]2[C@@H]3CC[C@@H]4C[C@H](O)CC[C@]4(C)[C@@H]3CC[C@@]21C. The first-order valence-corrected chi connectivity index (χ1v) is 10.2. The normalized spacial score (nSPS) is 57.3. The molecule has 4 fully saturated rings. The highest BCUT2D eigenvalue weighted by molar-refractivity contribution is 5.09. The van der Waals surface area contributed by atoms with Crippen molar-refractivity contribution in [2.24, 2.45) is 40.4 Å². The van der Waals surface area contributed by atoms with E-state index in [1.807, 2.05) is 6.92 Å². The van der Waals surface area contributed by atoms with Gasteiger partial charge < -0.3 is 10.2 Å². The first kappa shape index (κ1) is 16.4. The Hall–Kier alpha value is -0.0800. The van der Waals surface area contributed by atoms with Gasteiger partial charge >= 0.3 is 0 Å². The number of fused-ring (bicyclic) bond motifs is 5. The lowest BCUT2D eigenvalue weighted by Crippen LogP contribution is -2.54. The van der Waals surface area contributed by atoms with Gasteiger partial charge in [0.05, 0.1) is 12.2 Å². The molecule has 0 aromatic heterocycles. The van der Waals surface area contributed by atoms with Crippen LogP contribution in [0.25, 0.3) is 0 Å². The summed E-state index contributed by atoms with van der Waals surface area (Å²) in [5.41, 5.74) is 0.860. The molecule has 2 nitrogen and oxygen atoms in total. The lowest BCUT2D eigenvalue weighted by atomic mass is 9.44. The molecular formula is C21H36O2. The van der Waals surface area contributed by atoms with Crippen molar-refractivity contribution in [1.82, 2.24) is 0 Å². The largest absolute Gasteiger partial charge is 0.393 e. The fraction of sp³-hybridized carbons (Fsp3) is 1.00. The van der Waals surface area contributed by atoms with Crippen LogP contribution in [0.15, 0.2) is 0 Å². The van der Waals surface area contributed by atoms with Gasteiger partial charge in [0, 0.05) is 0 Å². The number of hydrogen-bond donors (Lipinski definition) is 2. The molecule has 2 heteroatoms. The lowest BCUT2D eigenvalue weighted by Gasteiger charge is -2.61. The molecule has 0 aliphatic heterocycles. The average Bonchev–Trinajstić information content (AvgIpc) is 2.85. The molecular weight excluding hydrogens is 284 g/mol. The van der Waals surface area contributed by atoms with Gasteiger partial charge in [-0.1, -0.05) is 13.8 Å². The van der Waals surface area contributed by atoms with Crippen molar-refractivity contribution in [3.8, 4) is 0 Å². The summed E-state index contributed by atoms with van der Waals surface area (Å²) in [7, 11) is 0. The smallest absolute Gasteiger partial charge is 0.0545 e. The molecule has 0 spiro atoms. The van der Waals surface area contributed by atoms with Gasteiger partial charge in [0.2, 0.25) is 0 Å². The monoisotopic (exact) mass is 320 g/mol. The van der Waals surface area contributed by atoms with Crippen LogP contribution >= 0.6 is 0 Å². The minimum atomic E-state index is -0.140. The molecule has 0 amide bonds. The van der Waals surface area contributed by atoms with Gasteiger partial charge in [-0.25, -0.2) is 0 Å². The molecule has 2 N–H and O–H groups in total. The first-order valence-electron chi connectivity index (χ1n) is 10.2. The second-order valence-corrected chi connectivity index (χ2v) is 10.1. The van der Waals surface area contributed by atoms with Crippen LogP contribution in [0.1, 0.15) is 78.6 Å².